The molecule has 0 radical (unpaired) electrons. The highest BCUT2D eigenvalue weighted by Crippen LogP contribution is 2.16. The molecule has 0 amide bonds. The summed E-state index contributed by atoms with van der Waals surface area (Å²) < 4.78 is 4.19. The number of carbonyl (C=O) groups is 1. The molecular formula is C22H27N6OS+. The predicted molar refractivity (Wildman–Crippen MR) is 119 cm³/mol. The van der Waals surface area contributed by atoms with Crippen molar-refractivity contribution in [3.63, 3.8) is 0 Å². The van der Waals surface area contributed by atoms with Gasteiger partial charge < -0.3 is 9.80 Å². The number of nitrogens with zero attached hydrogens (tertiary/aromatic N) is 5. The molecule has 2 heterocycles. The molecule has 1 fully saturated rings. The molecule has 8 heteroatoms. The van der Waals surface area contributed by atoms with Crippen LogP contribution in [-0.4, -0.2) is 51.8 Å². The van der Waals surface area contributed by atoms with E-state index in [1.807, 2.05) is 35.0 Å². The van der Waals surface area contributed by atoms with Gasteiger partial charge >= 0.3 is 0 Å². The van der Waals surface area contributed by atoms with Crippen molar-refractivity contribution in [2.24, 2.45) is 0 Å². The molecule has 1 aliphatic heterocycles. The van der Waals surface area contributed by atoms with Gasteiger partial charge in [0.25, 0.3) is 0 Å². The molecule has 7 nitrogen and oxygen atoms in total. The molecule has 1 saturated heterocycles. The second-order valence-corrected chi connectivity index (χ2v) is 8.33. The van der Waals surface area contributed by atoms with Gasteiger partial charge in [0, 0.05) is 11.3 Å². The molecule has 156 valence electrons. The zero-order valence-corrected chi connectivity index (χ0v) is 18.4. The summed E-state index contributed by atoms with van der Waals surface area (Å²) in [5.41, 5.74) is 5.25. The van der Waals surface area contributed by atoms with E-state index in [1.165, 1.54) is 10.5 Å². The van der Waals surface area contributed by atoms with Gasteiger partial charge in [-0.15, -0.1) is 0 Å². The number of tetrazole rings is 1. The van der Waals surface area contributed by atoms with Crippen LogP contribution in [0.15, 0.2) is 42.5 Å². The number of carbonyl (C=O) groups excluding carboxylic acids is 1. The quantitative estimate of drug-likeness (QED) is 0.502. The van der Waals surface area contributed by atoms with Crippen LogP contribution in [-0.2, 0) is 6.67 Å². The molecule has 0 bridgehead atoms. The first-order valence-electron chi connectivity index (χ1n) is 10.2. The molecule has 30 heavy (non-hydrogen) atoms. The maximum atomic E-state index is 11.5. The van der Waals surface area contributed by atoms with Crippen molar-refractivity contribution >= 4 is 23.7 Å². The second-order valence-electron chi connectivity index (χ2n) is 7.96. The van der Waals surface area contributed by atoms with Crippen molar-refractivity contribution in [3.8, 4) is 5.69 Å². The zero-order chi connectivity index (χ0) is 21.3. The summed E-state index contributed by atoms with van der Waals surface area (Å²) in [6.07, 6.45) is 0. The molecule has 0 aliphatic carbocycles. The van der Waals surface area contributed by atoms with E-state index in [2.05, 4.69) is 41.3 Å². The van der Waals surface area contributed by atoms with Gasteiger partial charge in [-0.1, -0.05) is 17.7 Å². The summed E-state index contributed by atoms with van der Waals surface area (Å²) in [5, 5.41) is 8.61. The van der Waals surface area contributed by atoms with E-state index in [9.17, 15) is 4.79 Å². The van der Waals surface area contributed by atoms with Gasteiger partial charge in [0.2, 0.25) is 4.77 Å². The number of rotatable bonds is 5. The Morgan fingerprint density at radius 2 is 1.77 bits per heavy atom. The van der Waals surface area contributed by atoms with Gasteiger partial charge in [-0.2, -0.15) is 9.36 Å². The zero-order valence-electron chi connectivity index (χ0n) is 17.6. The molecule has 1 N–H and O–H groups in total. The maximum absolute atomic E-state index is 11.5. The van der Waals surface area contributed by atoms with Gasteiger partial charge in [0.15, 0.2) is 12.5 Å². The summed E-state index contributed by atoms with van der Waals surface area (Å²) in [4.78, 5) is 15.2. The molecule has 0 spiro atoms. The fraction of sp³-hybridized carbons (Fsp3) is 0.364. The van der Waals surface area contributed by atoms with Crippen LogP contribution >= 0.6 is 12.2 Å². The molecular weight excluding hydrogens is 396 g/mol. The van der Waals surface area contributed by atoms with Crippen LogP contribution in [0.2, 0.25) is 0 Å². The Bertz CT molecular complexity index is 1110. The average Bonchev–Trinajstić information content (AvgIpc) is 3.09. The lowest BCUT2D eigenvalue weighted by molar-refractivity contribution is -0.924. The Morgan fingerprint density at radius 3 is 2.40 bits per heavy atom. The number of benzene rings is 2. The molecule has 0 saturated carbocycles. The van der Waals surface area contributed by atoms with E-state index in [0.717, 1.165) is 48.7 Å². The van der Waals surface area contributed by atoms with Crippen molar-refractivity contribution in [1.29, 1.82) is 0 Å². The van der Waals surface area contributed by atoms with E-state index in [0.29, 0.717) is 11.4 Å². The van der Waals surface area contributed by atoms with Crippen molar-refractivity contribution in [1.82, 2.24) is 19.8 Å². The molecule has 4 rings (SSSR count). The number of piperazine rings is 1. The van der Waals surface area contributed by atoms with Crippen LogP contribution in [0.5, 0.6) is 0 Å². The van der Waals surface area contributed by atoms with Gasteiger partial charge in [0.05, 0.1) is 31.9 Å². The van der Waals surface area contributed by atoms with Crippen LogP contribution in [0.25, 0.3) is 5.69 Å². The van der Waals surface area contributed by atoms with Crippen LogP contribution in [0.3, 0.4) is 0 Å². The van der Waals surface area contributed by atoms with Gasteiger partial charge in [0.1, 0.15) is 0 Å². The minimum absolute atomic E-state index is 0.0986. The van der Waals surface area contributed by atoms with E-state index in [1.54, 1.807) is 11.6 Å². The van der Waals surface area contributed by atoms with Gasteiger partial charge in [-0.3, -0.25) is 4.79 Å². The fourth-order valence-corrected chi connectivity index (χ4v) is 4.16. The van der Waals surface area contributed by atoms with Crippen LogP contribution < -0.4 is 9.80 Å². The monoisotopic (exact) mass is 423 g/mol. The van der Waals surface area contributed by atoms with Crippen molar-refractivity contribution in [2.75, 3.05) is 31.1 Å². The van der Waals surface area contributed by atoms with E-state index in [-0.39, 0.29) is 5.78 Å². The van der Waals surface area contributed by atoms with Crippen LogP contribution in [0, 0.1) is 18.6 Å². The SMILES string of the molecule is CC(=O)c1ccc(N2CC[NH+](Cn3nnn(-c4ccc(C)cc4C)c3=S)CC2)cc1. The highest BCUT2D eigenvalue weighted by molar-refractivity contribution is 7.71. The van der Waals surface area contributed by atoms with Gasteiger partial charge in [-0.05, 0) is 79.3 Å². The molecule has 1 aliphatic rings. The molecule has 0 atom stereocenters. The Balaban J connectivity index is 1.40. The summed E-state index contributed by atoms with van der Waals surface area (Å²) in [5.74, 6) is 0.0986. The number of nitrogens with one attached hydrogen (secondary N) is 1. The van der Waals surface area contributed by atoms with E-state index in [4.69, 9.17) is 12.2 Å². The summed E-state index contributed by atoms with van der Waals surface area (Å²) in [6, 6.07) is 14.1. The minimum Gasteiger partial charge on any atom is -0.360 e. The Labute approximate surface area is 181 Å². The summed E-state index contributed by atoms with van der Waals surface area (Å²) in [7, 11) is 0. The van der Waals surface area contributed by atoms with E-state index >= 15 is 0 Å². The van der Waals surface area contributed by atoms with Gasteiger partial charge in [-0.25, -0.2) is 0 Å². The first-order chi connectivity index (χ1) is 14.4. The number of ketones is 1. The number of hydrogen-bond donors (Lipinski definition) is 1. The van der Waals surface area contributed by atoms with Crippen LogP contribution in [0.4, 0.5) is 5.69 Å². The van der Waals surface area contributed by atoms with E-state index < -0.39 is 0 Å². The Hall–Kier alpha value is -2.84. The Morgan fingerprint density at radius 1 is 1.07 bits per heavy atom. The van der Waals surface area contributed by atoms with Crippen molar-refractivity contribution < 1.29 is 9.69 Å². The molecule has 0 unspecified atom stereocenters. The van der Waals surface area contributed by atoms with Crippen molar-refractivity contribution in [2.45, 2.75) is 27.4 Å². The number of hydrogen-bond acceptors (Lipinski definition) is 5. The third kappa shape index (κ3) is 4.20. The lowest BCUT2D eigenvalue weighted by Crippen LogP contribution is -3.14. The third-order valence-electron chi connectivity index (χ3n) is 5.70. The smallest absolute Gasteiger partial charge is 0.225 e. The number of Topliss-reactive ketones (excluding diaryl/α,β-unsaturated/α-hetero) is 1. The first-order valence-corrected chi connectivity index (χ1v) is 10.6. The van der Waals surface area contributed by atoms with Crippen molar-refractivity contribution in [3.05, 3.63) is 63.9 Å². The largest absolute Gasteiger partial charge is 0.360 e. The third-order valence-corrected chi connectivity index (χ3v) is 6.09. The lowest BCUT2D eigenvalue weighted by Gasteiger charge is -2.33. The number of quaternary nitrogens is 1. The topological polar surface area (TPSA) is 60.4 Å². The Kier molecular flexibility index (Phi) is 5.78. The predicted octanol–water partition coefficient (Wildman–Crippen LogP) is 1.98. The number of aromatic nitrogens is 4. The standard InChI is InChI=1S/C22H26N6OS/c1-16-4-9-21(17(2)14-16)28-22(30)27(23-24-28)15-25-10-12-26(13-11-25)20-7-5-19(6-8-20)18(3)29/h4-9,14H,10-13,15H2,1-3H3/p+1. The highest BCUT2D eigenvalue weighted by atomic mass is 32.1. The summed E-state index contributed by atoms with van der Waals surface area (Å²) in [6.45, 7) is 10.3. The number of aryl methyl sites for hydroxylation is 2. The summed E-state index contributed by atoms with van der Waals surface area (Å²) >= 11 is 5.65. The first kappa shape index (κ1) is 20.4. The average molecular weight is 424 g/mol. The fourth-order valence-electron chi connectivity index (χ4n) is 3.93. The van der Waals surface area contributed by atoms with Crippen LogP contribution in [0.1, 0.15) is 28.4 Å². The molecule has 3 aromatic rings. The lowest BCUT2D eigenvalue weighted by atomic mass is 10.1. The molecule has 1 aromatic heterocycles. The maximum Gasteiger partial charge on any atom is 0.225 e. The highest BCUT2D eigenvalue weighted by Gasteiger charge is 2.22. The minimum atomic E-state index is 0.0986. The molecule has 2 aromatic carbocycles. The normalized spacial score (nSPS) is 14.8. The number of anilines is 1. The second kappa shape index (κ2) is 8.49.